The molecule has 0 saturated heterocycles. The third-order valence-electron chi connectivity index (χ3n) is 3.97. The van der Waals surface area contributed by atoms with E-state index in [0.717, 1.165) is 17.7 Å². The van der Waals surface area contributed by atoms with Gasteiger partial charge in [0, 0.05) is 25.3 Å². The van der Waals surface area contributed by atoms with Gasteiger partial charge in [0.25, 0.3) is 5.91 Å². The summed E-state index contributed by atoms with van der Waals surface area (Å²) in [7, 11) is 3.82. The summed E-state index contributed by atoms with van der Waals surface area (Å²) in [5, 5.41) is 0. The van der Waals surface area contributed by atoms with Gasteiger partial charge in [0.05, 0.1) is 6.42 Å². The summed E-state index contributed by atoms with van der Waals surface area (Å²) in [5.41, 5.74) is 8.53. The first-order valence-electron chi connectivity index (χ1n) is 8.79. The van der Waals surface area contributed by atoms with Crippen molar-refractivity contribution in [2.75, 3.05) is 19.0 Å². The Morgan fingerprint density at radius 2 is 1.62 bits per heavy atom. The molecule has 0 atom stereocenters. The summed E-state index contributed by atoms with van der Waals surface area (Å²) < 4.78 is 0. The van der Waals surface area contributed by atoms with E-state index in [2.05, 4.69) is 24.7 Å². The van der Waals surface area contributed by atoms with Crippen LogP contribution in [0.5, 0.6) is 0 Å². The fraction of sp³-hybridized carbons (Fsp3) is 0.333. The number of benzene rings is 2. The van der Waals surface area contributed by atoms with Crippen molar-refractivity contribution in [1.29, 1.82) is 0 Å². The van der Waals surface area contributed by atoms with Crippen LogP contribution in [0.1, 0.15) is 35.3 Å². The quantitative estimate of drug-likeness (QED) is 0.785. The van der Waals surface area contributed by atoms with E-state index in [1.54, 1.807) is 12.1 Å². The molecule has 2 amide bonds. The molecule has 2 aromatic carbocycles. The molecule has 0 spiro atoms. The average molecular weight is 353 g/mol. The van der Waals surface area contributed by atoms with E-state index in [9.17, 15) is 9.59 Å². The zero-order chi connectivity index (χ0) is 19.1. The molecule has 2 rings (SSSR count). The standard InChI is InChI=1S/C21H27N3O2/c1-15(2)12-16-8-10-17(11-9-16)13-20(25)22-23-21(26)18-6-5-7-19(14-18)24(3)4/h5-11,14-15H,12-13H2,1-4H3,(H,22,25)(H,23,26). The third kappa shape index (κ3) is 5.92. The Labute approximate surface area is 155 Å². The maximum atomic E-state index is 12.2. The molecular formula is C21H27N3O2. The first kappa shape index (κ1) is 19.5. The molecule has 0 bridgehead atoms. The van der Waals surface area contributed by atoms with Gasteiger partial charge in [-0.05, 0) is 41.7 Å². The molecule has 0 aliphatic rings. The summed E-state index contributed by atoms with van der Waals surface area (Å²) in [6.45, 7) is 4.36. The van der Waals surface area contributed by atoms with E-state index in [1.807, 2.05) is 55.4 Å². The fourth-order valence-corrected chi connectivity index (χ4v) is 2.62. The SMILES string of the molecule is CC(C)Cc1ccc(CC(=O)NNC(=O)c2cccc(N(C)C)c2)cc1. The normalized spacial score (nSPS) is 10.5. The molecule has 2 aromatic rings. The first-order chi connectivity index (χ1) is 12.3. The van der Waals surface area contributed by atoms with Crippen LogP contribution in [0, 0.1) is 5.92 Å². The van der Waals surface area contributed by atoms with Crippen molar-refractivity contribution in [3.8, 4) is 0 Å². The predicted molar refractivity (Wildman–Crippen MR) is 105 cm³/mol. The van der Waals surface area contributed by atoms with Crippen molar-refractivity contribution in [1.82, 2.24) is 10.9 Å². The van der Waals surface area contributed by atoms with Gasteiger partial charge in [0.1, 0.15) is 0 Å². The van der Waals surface area contributed by atoms with Gasteiger partial charge in [-0.15, -0.1) is 0 Å². The van der Waals surface area contributed by atoms with E-state index in [4.69, 9.17) is 0 Å². The van der Waals surface area contributed by atoms with Gasteiger partial charge in [0.15, 0.2) is 0 Å². The summed E-state index contributed by atoms with van der Waals surface area (Å²) >= 11 is 0. The van der Waals surface area contributed by atoms with Crippen LogP contribution in [0.25, 0.3) is 0 Å². The van der Waals surface area contributed by atoms with E-state index in [0.29, 0.717) is 11.5 Å². The Balaban J connectivity index is 1.86. The minimum absolute atomic E-state index is 0.222. The van der Waals surface area contributed by atoms with E-state index < -0.39 is 0 Å². The van der Waals surface area contributed by atoms with Crippen LogP contribution in [0.2, 0.25) is 0 Å². The highest BCUT2D eigenvalue weighted by Gasteiger charge is 2.09. The molecule has 0 aromatic heterocycles. The lowest BCUT2D eigenvalue weighted by Crippen LogP contribution is -2.42. The van der Waals surface area contributed by atoms with Gasteiger partial charge in [-0.1, -0.05) is 44.2 Å². The van der Waals surface area contributed by atoms with Gasteiger partial charge in [-0.2, -0.15) is 0 Å². The second kappa shape index (κ2) is 9.04. The number of rotatable bonds is 6. The van der Waals surface area contributed by atoms with Gasteiger partial charge in [-0.3, -0.25) is 20.4 Å². The minimum atomic E-state index is -0.339. The Kier molecular flexibility index (Phi) is 6.78. The van der Waals surface area contributed by atoms with Crippen LogP contribution < -0.4 is 15.8 Å². The summed E-state index contributed by atoms with van der Waals surface area (Å²) in [6, 6.07) is 15.2. The lowest BCUT2D eigenvalue weighted by Gasteiger charge is -2.13. The van der Waals surface area contributed by atoms with Crippen LogP contribution >= 0.6 is 0 Å². The van der Waals surface area contributed by atoms with E-state index in [1.165, 1.54) is 5.56 Å². The number of hydrogen-bond acceptors (Lipinski definition) is 3. The van der Waals surface area contributed by atoms with Gasteiger partial charge < -0.3 is 4.90 Å². The molecule has 0 aliphatic heterocycles. The highest BCUT2D eigenvalue weighted by molar-refractivity contribution is 5.96. The number of hydrazine groups is 1. The number of carbonyl (C=O) groups is 2. The number of carbonyl (C=O) groups excluding carboxylic acids is 2. The molecule has 0 radical (unpaired) electrons. The zero-order valence-electron chi connectivity index (χ0n) is 15.9. The molecule has 5 nitrogen and oxygen atoms in total. The number of anilines is 1. The Morgan fingerprint density at radius 1 is 0.962 bits per heavy atom. The van der Waals surface area contributed by atoms with Gasteiger partial charge in [-0.25, -0.2) is 0 Å². The maximum absolute atomic E-state index is 12.2. The molecule has 2 N–H and O–H groups in total. The Morgan fingerprint density at radius 3 is 2.23 bits per heavy atom. The van der Waals surface area contributed by atoms with Crippen molar-refractivity contribution in [3.63, 3.8) is 0 Å². The smallest absolute Gasteiger partial charge is 0.269 e. The zero-order valence-corrected chi connectivity index (χ0v) is 15.9. The van der Waals surface area contributed by atoms with Crippen LogP contribution in [0.4, 0.5) is 5.69 Å². The average Bonchev–Trinajstić information content (AvgIpc) is 2.61. The number of nitrogens with zero attached hydrogens (tertiary/aromatic N) is 1. The molecule has 26 heavy (non-hydrogen) atoms. The third-order valence-corrected chi connectivity index (χ3v) is 3.97. The highest BCUT2D eigenvalue weighted by atomic mass is 16.2. The van der Waals surface area contributed by atoms with E-state index >= 15 is 0 Å². The predicted octanol–water partition coefficient (Wildman–Crippen LogP) is 2.95. The molecule has 0 saturated carbocycles. The first-order valence-corrected chi connectivity index (χ1v) is 8.79. The highest BCUT2D eigenvalue weighted by Crippen LogP contribution is 2.13. The summed E-state index contributed by atoms with van der Waals surface area (Å²) in [6.07, 6.45) is 1.24. The summed E-state index contributed by atoms with van der Waals surface area (Å²) in [4.78, 5) is 26.1. The van der Waals surface area contributed by atoms with Crippen molar-refractivity contribution in [3.05, 3.63) is 65.2 Å². The second-order valence-electron chi connectivity index (χ2n) is 7.04. The monoisotopic (exact) mass is 353 g/mol. The number of amides is 2. The molecule has 0 fully saturated rings. The molecule has 0 aliphatic carbocycles. The lowest BCUT2D eigenvalue weighted by molar-refractivity contribution is -0.121. The van der Waals surface area contributed by atoms with Gasteiger partial charge in [0.2, 0.25) is 5.91 Å². The Hall–Kier alpha value is -2.82. The molecule has 0 heterocycles. The van der Waals surface area contributed by atoms with E-state index in [-0.39, 0.29) is 18.2 Å². The van der Waals surface area contributed by atoms with Crippen LogP contribution in [-0.2, 0) is 17.6 Å². The summed E-state index contributed by atoms with van der Waals surface area (Å²) in [5.74, 6) is 0.0124. The van der Waals surface area contributed by atoms with Crippen molar-refractivity contribution in [2.24, 2.45) is 5.92 Å². The Bertz CT molecular complexity index is 752. The molecule has 5 heteroatoms. The molecular weight excluding hydrogens is 326 g/mol. The van der Waals surface area contributed by atoms with Crippen molar-refractivity contribution < 1.29 is 9.59 Å². The maximum Gasteiger partial charge on any atom is 0.269 e. The molecule has 138 valence electrons. The van der Waals surface area contributed by atoms with Crippen molar-refractivity contribution >= 4 is 17.5 Å². The minimum Gasteiger partial charge on any atom is -0.378 e. The number of hydrogen-bond donors (Lipinski definition) is 2. The van der Waals surface area contributed by atoms with Crippen molar-refractivity contribution in [2.45, 2.75) is 26.7 Å². The molecule has 0 unspecified atom stereocenters. The van der Waals surface area contributed by atoms with Crippen LogP contribution in [0.3, 0.4) is 0 Å². The topological polar surface area (TPSA) is 61.4 Å². The second-order valence-corrected chi connectivity index (χ2v) is 7.04. The lowest BCUT2D eigenvalue weighted by atomic mass is 10.0. The van der Waals surface area contributed by atoms with Crippen LogP contribution in [-0.4, -0.2) is 25.9 Å². The van der Waals surface area contributed by atoms with Crippen LogP contribution in [0.15, 0.2) is 48.5 Å². The largest absolute Gasteiger partial charge is 0.378 e. The number of nitrogens with one attached hydrogen (secondary N) is 2. The fourth-order valence-electron chi connectivity index (χ4n) is 2.62. The van der Waals surface area contributed by atoms with Gasteiger partial charge >= 0.3 is 0 Å².